The van der Waals surface area contributed by atoms with Crippen LogP contribution in [-0.4, -0.2) is 17.5 Å². The summed E-state index contributed by atoms with van der Waals surface area (Å²) in [4.78, 5) is 10.9. The third-order valence-electron chi connectivity index (χ3n) is 2.94. The second-order valence-electron chi connectivity index (χ2n) is 4.17. The first-order valence-electron chi connectivity index (χ1n) is 5.95. The minimum absolute atomic E-state index is 0.0376. The number of hydrogen-bond acceptors (Lipinski definition) is 2. The largest absolute Gasteiger partial charge is 0.465 e. The Morgan fingerprint density at radius 3 is 2.41 bits per heavy atom. The highest BCUT2D eigenvalue weighted by Gasteiger charge is 2.40. The zero-order valence-corrected chi connectivity index (χ0v) is 11.3. The third kappa shape index (κ3) is 3.22. The number of alkyl halides is 1. The van der Waals surface area contributed by atoms with Crippen molar-refractivity contribution in [2.24, 2.45) is 0 Å². The molecule has 94 valence electrons. The summed E-state index contributed by atoms with van der Waals surface area (Å²) in [6, 6.07) is 9.85. The lowest BCUT2D eigenvalue weighted by Gasteiger charge is -2.29. The van der Waals surface area contributed by atoms with Crippen molar-refractivity contribution < 1.29 is 9.53 Å². The van der Waals surface area contributed by atoms with Crippen LogP contribution in [0.1, 0.15) is 38.7 Å². The molecule has 17 heavy (non-hydrogen) atoms. The van der Waals surface area contributed by atoms with E-state index >= 15 is 0 Å². The zero-order valence-electron chi connectivity index (χ0n) is 10.6. The molecule has 1 rings (SSSR count). The summed E-state index contributed by atoms with van der Waals surface area (Å²) in [5.74, 6) is -0.387. The zero-order chi connectivity index (χ0) is 12.9. The number of ether oxygens (including phenoxy) is 1. The van der Waals surface area contributed by atoms with E-state index in [1.54, 1.807) is 13.8 Å². The van der Waals surface area contributed by atoms with E-state index in [1.807, 2.05) is 37.3 Å². The fourth-order valence-electron chi connectivity index (χ4n) is 2.03. The molecule has 2 unspecified atom stereocenters. The SMILES string of the molecule is CCOC(=O)C(C)(Cl)C(CC)c1ccccc1. The van der Waals surface area contributed by atoms with Crippen LogP contribution < -0.4 is 0 Å². The van der Waals surface area contributed by atoms with Crippen molar-refractivity contribution in [3.05, 3.63) is 35.9 Å². The monoisotopic (exact) mass is 254 g/mol. The van der Waals surface area contributed by atoms with Crippen molar-refractivity contribution in [1.82, 2.24) is 0 Å². The van der Waals surface area contributed by atoms with E-state index < -0.39 is 4.87 Å². The second kappa shape index (κ2) is 6.06. The highest BCUT2D eigenvalue weighted by atomic mass is 35.5. The highest BCUT2D eigenvalue weighted by molar-refractivity contribution is 6.34. The van der Waals surface area contributed by atoms with E-state index in [-0.39, 0.29) is 11.9 Å². The predicted molar refractivity (Wildman–Crippen MR) is 70.4 cm³/mol. The molecule has 0 aliphatic carbocycles. The van der Waals surface area contributed by atoms with Gasteiger partial charge in [-0.05, 0) is 25.8 Å². The van der Waals surface area contributed by atoms with Gasteiger partial charge in [0.1, 0.15) is 4.87 Å². The Hall–Kier alpha value is -1.02. The van der Waals surface area contributed by atoms with Crippen LogP contribution in [0, 0.1) is 0 Å². The molecule has 0 saturated carbocycles. The molecule has 1 aromatic rings. The van der Waals surface area contributed by atoms with Crippen LogP contribution >= 0.6 is 11.6 Å². The maximum absolute atomic E-state index is 11.9. The number of esters is 1. The summed E-state index contributed by atoms with van der Waals surface area (Å²) in [7, 11) is 0. The first-order chi connectivity index (χ1) is 8.04. The average Bonchev–Trinajstić information content (AvgIpc) is 2.31. The molecule has 0 bridgehead atoms. The van der Waals surface area contributed by atoms with Crippen molar-refractivity contribution in [3.63, 3.8) is 0 Å². The van der Waals surface area contributed by atoms with Gasteiger partial charge in [0.25, 0.3) is 0 Å². The van der Waals surface area contributed by atoms with Gasteiger partial charge in [-0.25, -0.2) is 0 Å². The van der Waals surface area contributed by atoms with Crippen molar-refractivity contribution >= 4 is 17.6 Å². The predicted octanol–water partition coefficient (Wildman–Crippen LogP) is 3.74. The number of benzene rings is 1. The van der Waals surface area contributed by atoms with Crippen LogP contribution in [0.15, 0.2) is 30.3 Å². The topological polar surface area (TPSA) is 26.3 Å². The first kappa shape index (κ1) is 14.0. The molecule has 2 atom stereocenters. The van der Waals surface area contributed by atoms with Gasteiger partial charge in [0, 0.05) is 5.92 Å². The molecule has 0 aliphatic heterocycles. The van der Waals surface area contributed by atoms with Gasteiger partial charge in [0.05, 0.1) is 6.61 Å². The first-order valence-corrected chi connectivity index (χ1v) is 6.32. The van der Waals surface area contributed by atoms with Gasteiger partial charge < -0.3 is 4.74 Å². The van der Waals surface area contributed by atoms with Crippen molar-refractivity contribution in [1.29, 1.82) is 0 Å². The van der Waals surface area contributed by atoms with Gasteiger partial charge in [-0.15, -0.1) is 11.6 Å². The summed E-state index contributed by atoms with van der Waals surface area (Å²) >= 11 is 6.39. The van der Waals surface area contributed by atoms with Gasteiger partial charge in [-0.2, -0.15) is 0 Å². The molecular weight excluding hydrogens is 236 g/mol. The summed E-state index contributed by atoms with van der Waals surface area (Å²) in [5, 5.41) is 0. The second-order valence-corrected chi connectivity index (χ2v) is 4.95. The molecule has 0 fully saturated rings. The Kier molecular flexibility index (Phi) is 5.01. The minimum atomic E-state index is -1.01. The molecule has 0 heterocycles. The van der Waals surface area contributed by atoms with Gasteiger partial charge in [-0.3, -0.25) is 4.79 Å². The number of carbonyl (C=O) groups excluding carboxylic acids is 1. The molecule has 0 aromatic heterocycles. The smallest absolute Gasteiger partial charge is 0.327 e. The molecule has 0 amide bonds. The fourth-order valence-corrected chi connectivity index (χ4v) is 2.37. The molecule has 0 spiro atoms. The molecule has 0 aliphatic rings. The number of rotatable bonds is 5. The van der Waals surface area contributed by atoms with Crippen LogP contribution in [0.2, 0.25) is 0 Å². The van der Waals surface area contributed by atoms with Crippen LogP contribution in [0.4, 0.5) is 0 Å². The fraction of sp³-hybridized carbons (Fsp3) is 0.500. The lowest BCUT2D eigenvalue weighted by molar-refractivity contribution is -0.146. The molecule has 0 N–H and O–H groups in total. The number of carbonyl (C=O) groups is 1. The molecule has 0 saturated heterocycles. The Morgan fingerprint density at radius 1 is 1.35 bits per heavy atom. The van der Waals surface area contributed by atoms with Crippen LogP contribution in [0.5, 0.6) is 0 Å². The lowest BCUT2D eigenvalue weighted by atomic mass is 9.84. The van der Waals surface area contributed by atoms with Gasteiger partial charge in [-0.1, -0.05) is 37.3 Å². The number of hydrogen-bond donors (Lipinski definition) is 0. The summed E-state index contributed by atoms with van der Waals surface area (Å²) in [5.41, 5.74) is 1.07. The van der Waals surface area contributed by atoms with E-state index in [1.165, 1.54) is 0 Å². The Morgan fingerprint density at radius 2 is 1.94 bits per heavy atom. The Balaban J connectivity index is 2.97. The quantitative estimate of drug-likeness (QED) is 0.591. The van der Waals surface area contributed by atoms with Gasteiger partial charge in [0.2, 0.25) is 0 Å². The van der Waals surface area contributed by atoms with E-state index in [4.69, 9.17) is 16.3 Å². The van der Waals surface area contributed by atoms with Crippen LogP contribution in [0.3, 0.4) is 0 Å². The van der Waals surface area contributed by atoms with Crippen molar-refractivity contribution in [2.75, 3.05) is 6.61 Å². The maximum Gasteiger partial charge on any atom is 0.327 e. The molecule has 2 nitrogen and oxygen atoms in total. The Bertz CT molecular complexity index is 360. The van der Waals surface area contributed by atoms with E-state index in [0.29, 0.717) is 6.61 Å². The van der Waals surface area contributed by atoms with Crippen LogP contribution in [-0.2, 0) is 9.53 Å². The standard InChI is InChI=1S/C14H19ClO2/c1-4-12(11-9-7-6-8-10-11)14(3,15)13(16)17-5-2/h6-10,12H,4-5H2,1-3H3. The van der Waals surface area contributed by atoms with E-state index in [0.717, 1.165) is 12.0 Å². The highest BCUT2D eigenvalue weighted by Crippen LogP contribution is 2.37. The lowest BCUT2D eigenvalue weighted by Crippen LogP contribution is -2.37. The maximum atomic E-state index is 11.9. The summed E-state index contributed by atoms with van der Waals surface area (Å²) < 4.78 is 5.04. The molecule has 3 heteroatoms. The average molecular weight is 255 g/mol. The summed E-state index contributed by atoms with van der Waals surface area (Å²) in [6.45, 7) is 5.89. The van der Waals surface area contributed by atoms with Crippen LogP contribution in [0.25, 0.3) is 0 Å². The van der Waals surface area contributed by atoms with Crippen molar-refractivity contribution in [2.45, 2.75) is 38.0 Å². The van der Waals surface area contributed by atoms with Gasteiger partial charge in [0.15, 0.2) is 0 Å². The van der Waals surface area contributed by atoms with E-state index in [2.05, 4.69) is 0 Å². The number of halogens is 1. The molecule has 1 aromatic carbocycles. The van der Waals surface area contributed by atoms with Crippen molar-refractivity contribution in [3.8, 4) is 0 Å². The summed E-state index contributed by atoms with van der Waals surface area (Å²) in [6.07, 6.45) is 0.794. The normalized spacial score (nSPS) is 16.0. The molecule has 0 radical (unpaired) electrons. The van der Waals surface area contributed by atoms with Gasteiger partial charge >= 0.3 is 5.97 Å². The Labute approximate surface area is 108 Å². The van der Waals surface area contributed by atoms with E-state index in [9.17, 15) is 4.79 Å². The minimum Gasteiger partial charge on any atom is -0.465 e. The third-order valence-corrected chi connectivity index (χ3v) is 3.36. The molecular formula is C14H19ClO2.